The molecule has 4 rings (SSSR count). The Morgan fingerprint density at radius 1 is 1.03 bits per heavy atom. The zero-order valence-electron chi connectivity index (χ0n) is 17.0. The number of carbonyl (C=O) groups is 3. The van der Waals surface area contributed by atoms with Crippen LogP contribution >= 0.6 is 0 Å². The Morgan fingerprint density at radius 2 is 1.88 bits per heavy atom. The zero-order chi connectivity index (χ0) is 22.5. The third-order valence-electron chi connectivity index (χ3n) is 4.59. The molecule has 2 aromatic carbocycles. The number of pyridine rings is 1. The predicted octanol–water partition coefficient (Wildman–Crippen LogP) is 3.21. The van der Waals surface area contributed by atoms with Crippen molar-refractivity contribution in [3.05, 3.63) is 78.1 Å². The van der Waals surface area contributed by atoms with Gasteiger partial charge in [-0.15, -0.1) is 0 Å². The Balaban J connectivity index is 1.42. The molecule has 4 aromatic rings. The number of H-pyrrole nitrogens is 1. The minimum Gasteiger partial charge on any atom is -0.465 e. The third-order valence-corrected chi connectivity index (χ3v) is 4.59. The summed E-state index contributed by atoms with van der Waals surface area (Å²) in [7, 11) is 1.25. The van der Waals surface area contributed by atoms with Crippen LogP contribution in [0, 0.1) is 0 Å². The van der Waals surface area contributed by atoms with Gasteiger partial charge in [0.15, 0.2) is 6.61 Å². The van der Waals surface area contributed by atoms with Gasteiger partial charge in [-0.2, -0.15) is 0 Å². The Kier molecular flexibility index (Phi) is 5.89. The summed E-state index contributed by atoms with van der Waals surface area (Å²) >= 11 is 0. The van der Waals surface area contributed by atoms with E-state index in [0.717, 1.165) is 5.56 Å². The third kappa shape index (κ3) is 4.46. The summed E-state index contributed by atoms with van der Waals surface area (Å²) in [6, 6.07) is 14.9. The van der Waals surface area contributed by atoms with Crippen LogP contribution in [0.5, 0.6) is 0 Å². The van der Waals surface area contributed by atoms with Crippen LogP contribution in [-0.2, 0) is 14.3 Å². The monoisotopic (exact) mass is 430 g/mol. The molecule has 2 aromatic heterocycles. The van der Waals surface area contributed by atoms with Crippen LogP contribution in [0.4, 0.5) is 5.69 Å². The minimum atomic E-state index is -0.666. The predicted molar refractivity (Wildman–Crippen MR) is 116 cm³/mol. The number of hydrogen-bond acceptors (Lipinski definition) is 7. The second-order valence-electron chi connectivity index (χ2n) is 6.72. The number of methoxy groups -OCH3 is 1. The van der Waals surface area contributed by atoms with Crippen LogP contribution in [-0.4, -0.2) is 46.5 Å². The molecule has 0 saturated heterocycles. The van der Waals surface area contributed by atoms with Crippen LogP contribution in [0.2, 0.25) is 0 Å². The smallest absolute Gasteiger partial charge is 0.339 e. The number of rotatable bonds is 6. The SMILES string of the molecule is COC(=O)c1ccccc1NC(=O)COC(=O)c1ccc2nc(-c3cccnc3)[nH]c2c1. The van der Waals surface area contributed by atoms with Crippen molar-refractivity contribution < 1.29 is 23.9 Å². The number of para-hydroxylation sites is 1. The number of aromatic amines is 1. The van der Waals surface area contributed by atoms with Crippen molar-refractivity contribution in [1.82, 2.24) is 15.0 Å². The van der Waals surface area contributed by atoms with E-state index in [1.54, 1.807) is 54.9 Å². The first-order chi connectivity index (χ1) is 15.5. The number of anilines is 1. The Labute approximate surface area is 182 Å². The van der Waals surface area contributed by atoms with Crippen LogP contribution < -0.4 is 5.32 Å². The number of esters is 2. The van der Waals surface area contributed by atoms with Gasteiger partial charge in [-0.25, -0.2) is 14.6 Å². The van der Waals surface area contributed by atoms with Gasteiger partial charge in [0.2, 0.25) is 0 Å². The molecule has 0 aliphatic carbocycles. The number of ether oxygens (including phenoxy) is 2. The second kappa shape index (κ2) is 9.09. The highest BCUT2D eigenvalue weighted by molar-refractivity contribution is 6.02. The number of amides is 1. The number of fused-ring (bicyclic) bond motifs is 1. The van der Waals surface area contributed by atoms with E-state index < -0.39 is 24.5 Å². The van der Waals surface area contributed by atoms with E-state index in [2.05, 4.69) is 20.3 Å². The lowest BCUT2D eigenvalue weighted by Gasteiger charge is -2.10. The highest BCUT2D eigenvalue weighted by Gasteiger charge is 2.16. The number of imidazole rings is 1. The second-order valence-corrected chi connectivity index (χ2v) is 6.72. The van der Waals surface area contributed by atoms with Gasteiger partial charge < -0.3 is 19.8 Å². The van der Waals surface area contributed by atoms with Crippen molar-refractivity contribution in [3.63, 3.8) is 0 Å². The van der Waals surface area contributed by atoms with Crippen molar-refractivity contribution in [2.24, 2.45) is 0 Å². The standard InChI is InChI=1S/C23H18N4O5/c1-31-23(30)16-6-2-3-7-17(16)25-20(28)13-32-22(29)14-8-9-18-19(11-14)27-21(26-18)15-5-4-10-24-12-15/h2-12H,13H2,1H3,(H,25,28)(H,26,27). The average Bonchev–Trinajstić information content (AvgIpc) is 3.26. The first-order valence-electron chi connectivity index (χ1n) is 9.59. The molecule has 0 aliphatic heterocycles. The molecule has 9 nitrogen and oxygen atoms in total. The lowest BCUT2D eigenvalue weighted by atomic mass is 10.2. The van der Waals surface area contributed by atoms with Crippen molar-refractivity contribution in [2.75, 3.05) is 19.0 Å². The minimum absolute atomic E-state index is 0.198. The fourth-order valence-corrected chi connectivity index (χ4v) is 3.06. The van der Waals surface area contributed by atoms with E-state index in [-0.39, 0.29) is 16.8 Å². The van der Waals surface area contributed by atoms with Crippen molar-refractivity contribution in [2.45, 2.75) is 0 Å². The normalized spacial score (nSPS) is 10.5. The molecule has 0 spiro atoms. The maximum absolute atomic E-state index is 12.4. The summed E-state index contributed by atoms with van der Waals surface area (Å²) in [5, 5.41) is 2.54. The van der Waals surface area contributed by atoms with E-state index in [9.17, 15) is 14.4 Å². The van der Waals surface area contributed by atoms with Gasteiger partial charge in [-0.3, -0.25) is 9.78 Å². The van der Waals surface area contributed by atoms with Crippen molar-refractivity contribution in [1.29, 1.82) is 0 Å². The van der Waals surface area contributed by atoms with Crippen molar-refractivity contribution >= 4 is 34.6 Å². The molecular weight excluding hydrogens is 412 g/mol. The average molecular weight is 430 g/mol. The number of nitrogens with one attached hydrogen (secondary N) is 2. The van der Waals surface area contributed by atoms with Gasteiger partial charge in [0.05, 0.1) is 35.0 Å². The van der Waals surface area contributed by atoms with Gasteiger partial charge in [-0.05, 0) is 42.5 Å². The quantitative estimate of drug-likeness (QED) is 0.450. The molecule has 0 bridgehead atoms. The molecule has 0 saturated carbocycles. The molecule has 0 radical (unpaired) electrons. The summed E-state index contributed by atoms with van der Waals surface area (Å²) in [4.78, 5) is 48.1. The van der Waals surface area contributed by atoms with Gasteiger partial charge in [-0.1, -0.05) is 12.1 Å². The number of aromatic nitrogens is 3. The number of hydrogen-bond donors (Lipinski definition) is 2. The molecular formula is C23H18N4O5. The first-order valence-corrected chi connectivity index (χ1v) is 9.59. The molecule has 1 amide bonds. The van der Waals surface area contributed by atoms with E-state index in [1.165, 1.54) is 13.2 Å². The Morgan fingerprint density at radius 3 is 2.66 bits per heavy atom. The van der Waals surface area contributed by atoms with Crippen molar-refractivity contribution in [3.8, 4) is 11.4 Å². The summed E-state index contributed by atoms with van der Waals surface area (Å²) in [5.41, 5.74) is 2.87. The number of nitrogens with zero attached hydrogens (tertiary/aromatic N) is 2. The molecule has 0 unspecified atom stereocenters. The topological polar surface area (TPSA) is 123 Å². The summed E-state index contributed by atoms with van der Waals surface area (Å²) < 4.78 is 9.81. The highest BCUT2D eigenvalue weighted by atomic mass is 16.5. The molecule has 0 atom stereocenters. The fourth-order valence-electron chi connectivity index (χ4n) is 3.06. The van der Waals surface area contributed by atoms with Gasteiger partial charge in [0, 0.05) is 18.0 Å². The van der Waals surface area contributed by atoms with Gasteiger partial charge >= 0.3 is 11.9 Å². The summed E-state index contributed by atoms with van der Waals surface area (Å²) in [5.74, 6) is -1.21. The summed E-state index contributed by atoms with van der Waals surface area (Å²) in [6.07, 6.45) is 3.36. The molecule has 9 heteroatoms. The molecule has 2 N–H and O–H groups in total. The highest BCUT2D eigenvalue weighted by Crippen LogP contribution is 2.21. The molecule has 160 valence electrons. The molecule has 0 fully saturated rings. The van der Waals surface area contributed by atoms with E-state index in [1.807, 2.05) is 6.07 Å². The molecule has 32 heavy (non-hydrogen) atoms. The van der Waals surface area contributed by atoms with Crippen LogP contribution in [0.1, 0.15) is 20.7 Å². The summed E-state index contributed by atoms with van der Waals surface area (Å²) in [6.45, 7) is -0.518. The van der Waals surface area contributed by atoms with Gasteiger partial charge in [0.1, 0.15) is 5.82 Å². The van der Waals surface area contributed by atoms with E-state index in [4.69, 9.17) is 9.47 Å². The lowest BCUT2D eigenvalue weighted by molar-refractivity contribution is -0.119. The van der Waals surface area contributed by atoms with Crippen LogP contribution in [0.25, 0.3) is 22.4 Å². The largest absolute Gasteiger partial charge is 0.465 e. The maximum atomic E-state index is 12.4. The lowest BCUT2D eigenvalue weighted by Crippen LogP contribution is -2.22. The Hall–Kier alpha value is -4.53. The Bertz CT molecular complexity index is 1300. The van der Waals surface area contributed by atoms with Crippen LogP contribution in [0.15, 0.2) is 67.0 Å². The fraction of sp³-hybridized carbons (Fsp3) is 0.0870. The first kappa shape index (κ1) is 20.7. The molecule has 0 aliphatic rings. The number of carbonyl (C=O) groups excluding carboxylic acids is 3. The van der Waals surface area contributed by atoms with E-state index >= 15 is 0 Å². The maximum Gasteiger partial charge on any atom is 0.339 e. The van der Waals surface area contributed by atoms with Gasteiger partial charge in [0.25, 0.3) is 5.91 Å². The molecule has 2 heterocycles. The van der Waals surface area contributed by atoms with E-state index in [0.29, 0.717) is 16.9 Å². The number of benzene rings is 2. The van der Waals surface area contributed by atoms with Crippen LogP contribution in [0.3, 0.4) is 0 Å². The zero-order valence-corrected chi connectivity index (χ0v) is 17.0.